The van der Waals surface area contributed by atoms with Crippen LogP contribution in [0.1, 0.15) is 33.1 Å². The predicted molar refractivity (Wildman–Crippen MR) is 48.4 cm³/mol. The highest BCUT2D eigenvalue weighted by atomic mass is 16.1. The summed E-state index contributed by atoms with van der Waals surface area (Å²) < 4.78 is 0. The molecule has 0 fully saturated rings. The lowest BCUT2D eigenvalue weighted by Gasteiger charge is -2.17. The number of rotatable bonds is 6. The number of hydrogen-bond acceptors (Lipinski definition) is 1. The maximum Gasteiger partial charge on any atom is 0.120 e. The molecule has 0 spiro atoms. The SMILES string of the molecule is C=CC(C)C(CC)CCC=O. The summed E-state index contributed by atoms with van der Waals surface area (Å²) in [5.74, 6) is 1.18. The summed E-state index contributed by atoms with van der Waals surface area (Å²) >= 11 is 0. The highest BCUT2D eigenvalue weighted by Crippen LogP contribution is 2.20. The van der Waals surface area contributed by atoms with E-state index in [4.69, 9.17) is 0 Å². The van der Waals surface area contributed by atoms with Crippen LogP contribution in [0.5, 0.6) is 0 Å². The van der Waals surface area contributed by atoms with Crippen LogP contribution in [0.25, 0.3) is 0 Å². The zero-order valence-electron chi connectivity index (χ0n) is 7.55. The Morgan fingerprint density at radius 1 is 1.55 bits per heavy atom. The van der Waals surface area contributed by atoms with Gasteiger partial charge in [-0.05, 0) is 18.3 Å². The van der Waals surface area contributed by atoms with Gasteiger partial charge in [-0.3, -0.25) is 0 Å². The van der Waals surface area contributed by atoms with E-state index in [1.165, 1.54) is 0 Å². The molecule has 0 rings (SSSR count). The van der Waals surface area contributed by atoms with Crippen molar-refractivity contribution < 1.29 is 4.79 Å². The fraction of sp³-hybridized carbons (Fsp3) is 0.700. The van der Waals surface area contributed by atoms with Gasteiger partial charge in [0.05, 0.1) is 0 Å². The molecule has 11 heavy (non-hydrogen) atoms. The standard InChI is InChI=1S/C10H18O/c1-4-9(3)10(5-2)7-6-8-11/h4,8-10H,1,5-7H2,2-3H3. The number of carbonyl (C=O) groups excluding carboxylic acids is 1. The summed E-state index contributed by atoms with van der Waals surface area (Å²) in [5, 5.41) is 0. The summed E-state index contributed by atoms with van der Waals surface area (Å²) in [5.41, 5.74) is 0. The van der Waals surface area contributed by atoms with Crippen molar-refractivity contribution in [3.8, 4) is 0 Å². The van der Waals surface area contributed by atoms with Crippen molar-refractivity contribution in [2.24, 2.45) is 11.8 Å². The zero-order valence-corrected chi connectivity index (χ0v) is 7.55. The second-order valence-electron chi connectivity index (χ2n) is 3.01. The van der Waals surface area contributed by atoms with Crippen LogP contribution >= 0.6 is 0 Å². The fourth-order valence-electron chi connectivity index (χ4n) is 1.31. The van der Waals surface area contributed by atoms with Crippen LogP contribution in [0, 0.1) is 11.8 Å². The van der Waals surface area contributed by atoms with Crippen LogP contribution in [0.4, 0.5) is 0 Å². The predicted octanol–water partition coefficient (Wildman–Crippen LogP) is 2.81. The zero-order chi connectivity index (χ0) is 8.69. The first-order valence-electron chi connectivity index (χ1n) is 4.32. The van der Waals surface area contributed by atoms with Gasteiger partial charge < -0.3 is 4.79 Å². The molecule has 0 aliphatic heterocycles. The van der Waals surface area contributed by atoms with E-state index < -0.39 is 0 Å². The average Bonchev–Trinajstić information content (AvgIpc) is 2.05. The molecule has 1 nitrogen and oxygen atoms in total. The van der Waals surface area contributed by atoms with Gasteiger partial charge in [-0.1, -0.05) is 26.3 Å². The molecule has 64 valence electrons. The minimum Gasteiger partial charge on any atom is -0.303 e. The second kappa shape index (κ2) is 6.14. The molecular weight excluding hydrogens is 136 g/mol. The lowest BCUT2D eigenvalue weighted by Crippen LogP contribution is -2.08. The van der Waals surface area contributed by atoms with Crippen LogP contribution < -0.4 is 0 Å². The third-order valence-corrected chi connectivity index (χ3v) is 2.30. The Bertz CT molecular complexity index is 118. The molecule has 1 heteroatoms. The molecule has 0 radical (unpaired) electrons. The Kier molecular flexibility index (Phi) is 5.81. The molecule has 0 aliphatic carbocycles. The second-order valence-corrected chi connectivity index (χ2v) is 3.01. The number of allylic oxidation sites excluding steroid dienone is 1. The van der Waals surface area contributed by atoms with E-state index >= 15 is 0 Å². The summed E-state index contributed by atoms with van der Waals surface area (Å²) in [6, 6.07) is 0. The maximum atomic E-state index is 10.1. The van der Waals surface area contributed by atoms with Crippen molar-refractivity contribution in [1.82, 2.24) is 0 Å². The Morgan fingerprint density at radius 3 is 2.55 bits per heavy atom. The maximum absolute atomic E-state index is 10.1. The molecule has 2 unspecified atom stereocenters. The van der Waals surface area contributed by atoms with Crippen molar-refractivity contribution in [3.63, 3.8) is 0 Å². The normalized spacial score (nSPS) is 15.5. The number of aldehydes is 1. The first kappa shape index (κ1) is 10.4. The minimum atomic E-state index is 0.542. The molecule has 0 bridgehead atoms. The lowest BCUT2D eigenvalue weighted by atomic mass is 9.88. The topological polar surface area (TPSA) is 17.1 Å². The van der Waals surface area contributed by atoms with Gasteiger partial charge in [-0.25, -0.2) is 0 Å². The fourth-order valence-corrected chi connectivity index (χ4v) is 1.31. The molecule has 2 atom stereocenters. The monoisotopic (exact) mass is 154 g/mol. The van der Waals surface area contributed by atoms with E-state index in [2.05, 4.69) is 20.4 Å². The van der Waals surface area contributed by atoms with Gasteiger partial charge in [-0.15, -0.1) is 6.58 Å². The molecular formula is C10H18O. The van der Waals surface area contributed by atoms with Gasteiger partial charge in [0, 0.05) is 6.42 Å². The molecule has 0 N–H and O–H groups in total. The van der Waals surface area contributed by atoms with Crippen molar-refractivity contribution >= 4 is 6.29 Å². The third-order valence-electron chi connectivity index (χ3n) is 2.30. The van der Waals surface area contributed by atoms with Gasteiger partial charge >= 0.3 is 0 Å². The molecule has 0 saturated carbocycles. The molecule has 0 aliphatic rings. The Balaban J connectivity index is 3.73. The molecule has 0 amide bonds. The van der Waals surface area contributed by atoms with Gasteiger partial charge in [0.1, 0.15) is 6.29 Å². The number of hydrogen-bond donors (Lipinski definition) is 0. The van der Waals surface area contributed by atoms with Crippen LogP contribution in [0.2, 0.25) is 0 Å². The Hall–Kier alpha value is -0.590. The quantitative estimate of drug-likeness (QED) is 0.424. The highest BCUT2D eigenvalue weighted by molar-refractivity contribution is 5.49. The summed E-state index contributed by atoms with van der Waals surface area (Å²) in [4.78, 5) is 10.1. The van der Waals surface area contributed by atoms with Gasteiger partial charge in [0.25, 0.3) is 0 Å². The Labute approximate surface area is 69.5 Å². The largest absolute Gasteiger partial charge is 0.303 e. The number of carbonyl (C=O) groups is 1. The molecule has 0 saturated heterocycles. The van der Waals surface area contributed by atoms with E-state index in [9.17, 15) is 4.79 Å². The van der Waals surface area contributed by atoms with Crippen molar-refractivity contribution in [1.29, 1.82) is 0 Å². The van der Waals surface area contributed by atoms with Crippen LogP contribution in [-0.4, -0.2) is 6.29 Å². The average molecular weight is 154 g/mol. The van der Waals surface area contributed by atoms with Gasteiger partial charge in [0.2, 0.25) is 0 Å². The summed E-state index contributed by atoms with van der Waals surface area (Å²) in [6.07, 6.45) is 5.81. The minimum absolute atomic E-state index is 0.542. The first-order chi connectivity index (χ1) is 5.26. The van der Waals surface area contributed by atoms with Crippen LogP contribution in [0.3, 0.4) is 0 Å². The van der Waals surface area contributed by atoms with Crippen molar-refractivity contribution in [2.45, 2.75) is 33.1 Å². The molecule has 0 aromatic heterocycles. The molecule has 0 heterocycles. The van der Waals surface area contributed by atoms with E-state index in [1.807, 2.05) is 6.08 Å². The summed E-state index contributed by atoms with van der Waals surface area (Å²) in [7, 11) is 0. The van der Waals surface area contributed by atoms with Crippen molar-refractivity contribution in [2.75, 3.05) is 0 Å². The van der Waals surface area contributed by atoms with E-state index in [0.29, 0.717) is 18.3 Å². The molecule has 0 aromatic rings. The van der Waals surface area contributed by atoms with Gasteiger partial charge in [0.15, 0.2) is 0 Å². The van der Waals surface area contributed by atoms with Crippen LogP contribution in [0.15, 0.2) is 12.7 Å². The summed E-state index contributed by atoms with van der Waals surface area (Å²) in [6.45, 7) is 8.07. The smallest absolute Gasteiger partial charge is 0.120 e. The van der Waals surface area contributed by atoms with Crippen molar-refractivity contribution in [3.05, 3.63) is 12.7 Å². The lowest BCUT2D eigenvalue weighted by molar-refractivity contribution is -0.108. The van der Waals surface area contributed by atoms with E-state index in [0.717, 1.165) is 19.1 Å². The van der Waals surface area contributed by atoms with E-state index in [1.54, 1.807) is 0 Å². The highest BCUT2D eigenvalue weighted by Gasteiger charge is 2.10. The third kappa shape index (κ3) is 3.97. The molecule has 0 aromatic carbocycles. The van der Waals surface area contributed by atoms with Gasteiger partial charge in [-0.2, -0.15) is 0 Å². The van der Waals surface area contributed by atoms with E-state index in [-0.39, 0.29) is 0 Å². The van der Waals surface area contributed by atoms with Crippen LogP contribution in [-0.2, 0) is 4.79 Å². The Morgan fingerprint density at radius 2 is 2.18 bits per heavy atom. The first-order valence-corrected chi connectivity index (χ1v) is 4.32.